The van der Waals surface area contributed by atoms with E-state index < -0.39 is 27.9 Å². The zero-order chi connectivity index (χ0) is 32.0. The predicted octanol–water partition coefficient (Wildman–Crippen LogP) is 7.04. The molecule has 0 aliphatic carbocycles. The molecule has 5 aromatic rings. The minimum atomic E-state index is -3.44. The second kappa shape index (κ2) is 14.1. The Morgan fingerprint density at radius 1 is 0.978 bits per heavy atom. The number of nitrogens with zero attached hydrogens (tertiary/aromatic N) is 1. The van der Waals surface area contributed by atoms with Crippen molar-refractivity contribution >= 4 is 72.5 Å². The van der Waals surface area contributed by atoms with E-state index in [4.69, 9.17) is 20.8 Å². The number of halogens is 2. The van der Waals surface area contributed by atoms with Crippen LogP contribution in [0, 0.1) is 0 Å². The first-order valence-corrected chi connectivity index (χ1v) is 16.5. The van der Waals surface area contributed by atoms with Crippen molar-refractivity contribution < 1.29 is 32.3 Å². The van der Waals surface area contributed by atoms with Gasteiger partial charge in [0.25, 0.3) is 12.1 Å². The molecule has 0 aliphatic rings. The summed E-state index contributed by atoms with van der Waals surface area (Å²) in [6.45, 7) is 0. The SMILES string of the molecule is O=C(NC(Oc1ccc(CCCS(=O)(=O)c2ccc(Cl)cc2)cc1)C(=O)O)c1ccc(C=Cc2nc3cc(Br)ccc3o2)cc1. The molecule has 4 aromatic carbocycles. The Morgan fingerprint density at radius 3 is 2.38 bits per heavy atom. The third-order valence-corrected chi connectivity index (χ3v) is 9.23. The Kier molecular flexibility index (Phi) is 10.0. The summed E-state index contributed by atoms with van der Waals surface area (Å²) >= 11 is 9.24. The molecule has 0 saturated heterocycles. The van der Waals surface area contributed by atoms with Gasteiger partial charge in [0, 0.05) is 21.1 Å². The maximum absolute atomic E-state index is 12.8. The zero-order valence-corrected chi connectivity index (χ0v) is 26.7. The molecule has 0 aliphatic heterocycles. The highest BCUT2D eigenvalue weighted by molar-refractivity contribution is 9.10. The van der Waals surface area contributed by atoms with E-state index in [0.717, 1.165) is 21.1 Å². The van der Waals surface area contributed by atoms with E-state index in [-0.39, 0.29) is 22.0 Å². The third kappa shape index (κ3) is 8.59. The number of sulfone groups is 1. The Balaban J connectivity index is 1.13. The predicted molar refractivity (Wildman–Crippen MR) is 175 cm³/mol. The number of carboxylic acid groups (broad SMARTS) is 1. The number of oxazole rings is 1. The monoisotopic (exact) mass is 708 g/mol. The summed E-state index contributed by atoms with van der Waals surface area (Å²) in [6, 6.07) is 24.7. The Morgan fingerprint density at radius 2 is 1.69 bits per heavy atom. The number of ether oxygens (including phenoxy) is 1. The summed E-state index contributed by atoms with van der Waals surface area (Å²) < 4.78 is 37.2. The summed E-state index contributed by atoms with van der Waals surface area (Å²) in [5.41, 5.74) is 3.26. The van der Waals surface area contributed by atoms with Crippen molar-refractivity contribution in [1.29, 1.82) is 0 Å². The number of hydrogen-bond donors (Lipinski definition) is 2. The van der Waals surface area contributed by atoms with E-state index in [2.05, 4.69) is 26.2 Å². The molecule has 0 fully saturated rings. The molecule has 9 nitrogen and oxygen atoms in total. The molecule has 1 aromatic heterocycles. The molecule has 1 unspecified atom stereocenters. The number of carbonyl (C=O) groups excluding carboxylic acids is 1. The van der Waals surface area contributed by atoms with E-state index in [0.29, 0.717) is 29.3 Å². The highest BCUT2D eigenvalue weighted by atomic mass is 79.9. The lowest BCUT2D eigenvalue weighted by atomic mass is 10.1. The van der Waals surface area contributed by atoms with Crippen LogP contribution in [0.15, 0.2) is 105 Å². The largest absolute Gasteiger partial charge is 0.477 e. The number of rotatable bonds is 12. The van der Waals surface area contributed by atoms with Crippen molar-refractivity contribution in [2.45, 2.75) is 24.0 Å². The van der Waals surface area contributed by atoms with Gasteiger partial charge in [0.1, 0.15) is 11.3 Å². The summed E-state index contributed by atoms with van der Waals surface area (Å²) in [5.74, 6) is -1.37. The summed E-state index contributed by atoms with van der Waals surface area (Å²) in [6.07, 6.45) is 2.75. The minimum absolute atomic E-state index is 0.0336. The number of aryl methyl sites for hydroxylation is 1. The Hall–Kier alpha value is -4.45. The smallest absolute Gasteiger partial charge is 0.366 e. The molecule has 0 spiro atoms. The lowest BCUT2D eigenvalue weighted by Gasteiger charge is -2.17. The van der Waals surface area contributed by atoms with Crippen molar-refractivity contribution in [2.75, 3.05) is 5.75 Å². The molecule has 5 rings (SSSR count). The van der Waals surface area contributed by atoms with Gasteiger partial charge in [-0.3, -0.25) is 4.79 Å². The molecule has 12 heteroatoms. The van der Waals surface area contributed by atoms with Crippen molar-refractivity contribution in [3.8, 4) is 5.75 Å². The van der Waals surface area contributed by atoms with Crippen LogP contribution in [0.5, 0.6) is 5.75 Å². The van der Waals surface area contributed by atoms with E-state index >= 15 is 0 Å². The normalized spacial score (nSPS) is 12.3. The maximum Gasteiger partial charge on any atom is 0.366 e. The lowest BCUT2D eigenvalue weighted by Crippen LogP contribution is -2.44. The average Bonchev–Trinajstić information content (AvgIpc) is 3.43. The van der Waals surface area contributed by atoms with Crippen LogP contribution in [0.3, 0.4) is 0 Å². The van der Waals surface area contributed by atoms with E-state index in [1.165, 1.54) is 24.3 Å². The Labute approximate surface area is 272 Å². The highest BCUT2D eigenvalue weighted by Gasteiger charge is 2.23. The molecule has 0 radical (unpaired) electrons. The fourth-order valence-corrected chi connectivity index (χ4v) is 6.13. The van der Waals surface area contributed by atoms with Crippen LogP contribution >= 0.6 is 27.5 Å². The van der Waals surface area contributed by atoms with Crippen LogP contribution in [0.1, 0.15) is 33.8 Å². The van der Waals surface area contributed by atoms with Gasteiger partial charge in [-0.15, -0.1) is 0 Å². The van der Waals surface area contributed by atoms with Crippen molar-refractivity contribution in [3.63, 3.8) is 0 Å². The quantitative estimate of drug-likeness (QED) is 0.132. The Bertz CT molecular complexity index is 1960. The van der Waals surface area contributed by atoms with Crippen molar-refractivity contribution in [3.05, 3.63) is 123 Å². The number of fused-ring (bicyclic) bond motifs is 1. The number of amides is 1. The molecule has 230 valence electrons. The van der Waals surface area contributed by atoms with Crippen LogP contribution in [0.4, 0.5) is 0 Å². The average molecular weight is 710 g/mol. The molecular formula is C33H26BrClN2O7S. The van der Waals surface area contributed by atoms with Gasteiger partial charge in [-0.05, 0) is 96.8 Å². The number of carbonyl (C=O) groups is 2. The minimum Gasteiger partial charge on any atom is -0.477 e. The number of aromatic nitrogens is 1. The lowest BCUT2D eigenvalue weighted by molar-refractivity contribution is -0.146. The van der Waals surface area contributed by atoms with E-state index in [9.17, 15) is 23.1 Å². The van der Waals surface area contributed by atoms with Gasteiger partial charge in [0.15, 0.2) is 15.4 Å². The van der Waals surface area contributed by atoms with Gasteiger partial charge in [-0.25, -0.2) is 18.2 Å². The van der Waals surface area contributed by atoms with Crippen LogP contribution in [0.2, 0.25) is 5.02 Å². The number of carboxylic acids is 1. The van der Waals surface area contributed by atoms with Crippen LogP contribution in [0.25, 0.3) is 23.3 Å². The third-order valence-electron chi connectivity index (χ3n) is 6.67. The van der Waals surface area contributed by atoms with E-state index in [1.54, 1.807) is 60.7 Å². The molecular weight excluding hydrogens is 684 g/mol. The number of hydrogen-bond acceptors (Lipinski definition) is 7. The summed E-state index contributed by atoms with van der Waals surface area (Å²) in [4.78, 5) is 29.3. The van der Waals surface area contributed by atoms with Crippen molar-refractivity contribution in [2.24, 2.45) is 0 Å². The fourth-order valence-electron chi connectivity index (χ4n) is 4.34. The van der Waals surface area contributed by atoms with Gasteiger partial charge in [0.05, 0.1) is 10.6 Å². The van der Waals surface area contributed by atoms with Gasteiger partial charge in [-0.2, -0.15) is 0 Å². The highest BCUT2D eigenvalue weighted by Crippen LogP contribution is 2.22. The van der Waals surface area contributed by atoms with Gasteiger partial charge in [0.2, 0.25) is 5.89 Å². The first-order chi connectivity index (χ1) is 21.6. The zero-order valence-electron chi connectivity index (χ0n) is 23.5. The topological polar surface area (TPSA) is 136 Å². The molecule has 0 bridgehead atoms. The van der Waals surface area contributed by atoms with Crippen LogP contribution in [-0.4, -0.2) is 42.4 Å². The van der Waals surface area contributed by atoms with Crippen LogP contribution in [-0.2, 0) is 21.1 Å². The number of aliphatic carboxylic acids is 1. The van der Waals surface area contributed by atoms with Crippen LogP contribution < -0.4 is 10.1 Å². The first-order valence-electron chi connectivity index (χ1n) is 13.7. The number of benzene rings is 4. The number of nitrogens with one attached hydrogen (secondary N) is 1. The van der Waals surface area contributed by atoms with Gasteiger partial charge in [-0.1, -0.05) is 51.8 Å². The van der Waals surface area contributed by atoms with Gasteiger partial charge >= 0.3 is 5.97 Å². The molecule has 1 amide bonds. The second-order valence-electron chi connectivity index (χ2n) is 9.95. The maximum atomic E-state index is 12.8. The summed E-state index contributed by atoms with van der Waals surface area (Å²) in [5, 5.41) is 12.5. The molecule has 45 heavy (non-hydrogen) atoms. The first kappa shape index (κ1) is 32.0. The molecule has 2 N–H and O–H groups in total. The molecule has 1 atom stereocenters. The van der Waals surface area contributed by atoms with Crippen molar-refractivity contribution in [1.82, 2.24) is 10.3 Å². The molecule has 0 saturated carbocycles. The fraction of sp³-hybridized carbons (Fsp3) is 0.121. The van der Waals surface area contributed by atoms with Gasteiger partial charge < -0.3 is 19.6 Å². The molecule has 1 heterocycles. The standard InChI is InChI=1S/C33H26BrClN2O7S/c34-24-10-17-29-28(20-24)36-30(44-29)18-7-22-3-8-23(9-4-22)31(38)37-32(33(39)40)43-26-13-5-21(6-14-26)2-1-19-45(41,42)27-15-11-25(35)12-16-27/h3-18,20,32H,1-2,19H2,(H,37,38)(H,39,40). The summed E-state index contributed by atoms with van der Waals surface area (Å²) in [7, 11) is -3.44. The van der Waals surface area contributed by atoms with E-state index in [1.807, 2.05) is 18.2 Å². The second-order valence-corrected chi connectivity index (χ2v) is 13.4.